The maximum absolute atomic E-state index is 9.61. The fourth-order valence-corrected chi connectivity index (χ4v) is 1.56. The Balaban J connectivity index is 2.22. The molecule has 0 aliphatic heterocycles. The van der Waals surface area contributed by atoms with Gasteiger partial charge in [0.15, 0.2) is 5.76 Å². The number of hydrogen-bond donors (Lipinski definition) is 1. The maximum atomic E-state index is 9.61. The van der Waals surface area contributed by atoms with Crippen molar-refractivity contribution in [2.24, 2.45) is 0 Å². The van der Waals surface area contributed by atoms with Gasteiger partial charge in [0, 0.05) is 6.92 Å². The van der Waals surface area contributed by atoms with Crippen LogP contribution in [0.4, 0.5) is 0 Å². The molecule has 0 atom stereocenters. The van der Waals surface area contributed by atoms with Crippen molar-refractivity contribution in [3.8, 4) is 17.3 Å². The lowest BCUT2D eigenvalue weighted by Gasteiger charge is -1.89. The van der Waals surface area contributed by atoms with Crippen LogP contribution in [0.5, 0.6) is 5.75 Å². The first-order chi connectivity index (χ1) is 7.74. The van der Waals surface area contributed by atoms with Crippen molar-refractivity contribution >= 4 is 11.0 Å². The van der Waals surface area contributed by atoms with Gasteiger partial charge in [-0.3, -0.25) is 0 Å². The predicted molar refractivity (Wildman–Crippen MR) is 55.9 cm³/mol. The largest absolute Gasteiger partial charge is 0.507 e. The van der Waals surface area contributed by atoms with Crippen molar-refractivity contribution in [1.82, 2.24) is 10.1 Å². The molecule has 3 aromatic rings. The minimum absolute atomic E-state index is 0.174. The Kier molecular flexibility index (Phi) is 1.73. The van der Waals surface area contributed by atoms with E-state index in [1.54, 1.807) is 31.2 Å². The van der Waals surface area contributed by atoms with E-state index in [0.717, 1.165) is 0 Å². The third-order valence-corrected chi connectivity index (χ3v) is 2.29. The number of phenols is 1. The molecule has 0 spiro atoms. The molecule has 0 aliphatic rings. The van der Waals surface area contributed by atoms with Crippen molar-refractivity contribution in [2.75, 3.05) is 0 Å². The number of nitrogens with zero attached hydrogens (tertiary/aromatic N) is 2. The minimum Gasteiger partial charge on any atom is -0.507 e. The zero-order chi connectivity index (χ0) is 11.1. The smallest absolute Gasteiger partial charge is 0.238 e. The van der Waals surface area contributed by atoms with E-state index >= 15 is 0 Å². The van der Waals surface area contributed by atoms with Gasteiger partial charge >= 0.3 is 0 Å². The molecule has 0 saturated heterocycles. The zero-order valence-electron chi connectivity index (χ0n) is 8.47. The summed E-state index contributed by atoms with van der Waals surface area (Å²) in [6.07, 6.45) is 0. The molecule has 0 aliphatic carbocycles. The average Bonchev–Trinajstić information content (AvgIpc) is 2.84. The third-order valence-electron chi connectivity index (χ3n) is 2.29. The van der Waals surface area contributed by atoms with E-state index in [0.29, 0.717) is 28.4 Å². The Bertz CT molecular complexity index is 654. The van der Waals surface area contributed by atoms with Gasteiger partial charge in [0.05, 0.1) is 5.39 Å². The highest BCUT2D eigenvalue weighted by atomic mass is 16.5. The second kappa shape index (κ2) is 3.10. The highest BCUT2D eigenvalue weighted by molar-refractivity contribution is 5.87. The van der Waals surface area contributed by atoms with Crippen LogP contribution in [0.2, 0.25) is 0 Å². The molecule has 5 heteroatoms. The molecule has 80 valence electrons. The molecule has 0 saturated carbocycles. The summed E-state index contributed by atoms with van der Waals surface area (Å²) in [6, 6.07) is 6.77. The number of phenolic OH excluding ortho intramolecular Hbond substituents is 1. The normalized spacial score (nSPS) is 11.1. The molecule has 0 radical (unpaired) electrons. The molecule has 2 heterocycles. The van der Waals surface area contributed by atoms with E-state index < -0.39 is 0 Å². The van der Waals surface area contributed by atoms with Crippen molar-refractivity contribution in [2.45, 2.75) is 6.92 Å². The van der Waals surface area contributed by atoms with E-state index in [1.165, 1.54) is 0 Å². The number of rotatable bonds is 1. The highest BCUT2D eigenvalue weighted by Crippen LogP contribution is 2.31. The van der Waals surface area contributed by atoms with Gasteiger partial charge in [-0.25, -0.2) is 0 Å². The van der Waals surface area contributed by atoms with Gasteiger partial charge in [0.1, 0.15) is 11.3 Å². The van der Waals surface area contributed by atoms with Crippen LogP contribution < -0.4 is 0 Å². The van der Waals surface area contributed by atoms with Crippen LogP contribution in [0.1, 0.15) is 5.89 Å². The molecule has 0 unspecified atom stereocenters. The third kappa shape index (κ3) is 1.25. The molecular weight excluding hydrogens is 208 g/mol. The fourth-order valence-electron chi connectivity index (χ4n) is 1.56. The summed E-state index contributed by atoms with van der Waals surface area (Å²) in [4.78, 5) is 4.05. The average molecular weight is 216 g/mol. The van der Waals surface area contributed by atoms with Crippen molar-refractivity contribution < 1.29 is 14.0 Å². The first kappa shape index (κ1) is 8.96. The van der Waals surface area contributed by atoms with Gasteiger partial charge in [0.2, 0.25) is 11.7 Å². The molecule has 0 bridgehead atoms. The Labute approximate surface area is 90.3 Å². The second-order valence-electron chi connectivity index (χ2n) is 3.44. The van der Waals surface area contributed by atoms with Gasteiger partial charge < -0.3 is 14.0 Å². The SMILES string of the molecule is Cc1nc(-c2cc3c(O)cccc3o2)no1. The van der Waals surface area contributed by atoms with Crippen molar-refractivity contribution in [3.05, 3.63) is 30.2 Å². The lowest BCUT2D eigenvalue weighted by atomic mass is 10.2. The van der Waals surface area contributed by atoms with Crippen LogP contribution in [-0.2, 0) is 0 Å². The molecule has 0 fully saturated rings. The Morgan fingerprint density at radius 3 is 2.88 bits per heavy atom. The van der Waals surface area contributed by atoms with Crippen molar-refractivity contribution in [1.29, 1.82) is 0 Å². The van der Waals surface area contributed by atoms with Crippen LogP contribution in [0.15, 0.2) is 33.2 Å². The van der Waals surface area contributed by atoms with Gasteiger partial charge in [-0.2, -0.15) is 4.98 Å². The molecule has 0 amide bonds. The number of aromatic hydroxyl groups is 1. The quantitative estimate of drug-likeness (QED) is 0.676. The molecule has 3 rings (SSSR count). The predicted octanol–water partition coefficient (Wildman–Crippen LogP) is 2.50. The van der Waals surface area contributed by atoms with Gasteiger partial charge in [-0.05, 0) is 18.2 Å². The summed E-state index contributed by atoms with van der Waals surface area (Å²) in [5, 5.41) is 14.0. The van der Waals surface area contributed by atoms with Gasteiger partial charge in [-0.15, -0.1) is 0 Å². The summed E-state index contributed by atoms with van der Waals surface area (Å²) in [6.45, 7) is 1.70. The van der Waals surface area contributed by atoms with Gasteiger partial charge in [-0.1, -0.05) is 11.2 Å². The molecule has 1 N–H and O–H groups in total. The van der Waals surface area contributed by atoms with Crippen LogP contribution in [-0.4, -0.2) is 15.2 Å². The molecule has 1 aromatic carbocycles. The van der Waals surface area contributed by atoms with Crippen molar-refractivity contribution in [3.63, 3.8) is 0 Å². The monoisotopic (exact) mass is 216 g/mol. The lowest BCUT2D eigenvalue weighted by Crippen LogP contribution is -1.75. The van der Waals surface area contributed by atoms with E-state index in [-0.39, 0.29) is 5.75 Å². The summed E-state index contributed by atoms with van der Waals surface area (Å²) in [7, 11) is 0. The number of aryl methyl sites for hydroxylation is 1. The highest BCUT2D eigenvalue weighted by Gasteiger charge is 2.13. The van der Waals surface area contributed by atoms with E-state index in [4.69, 9.17) is 8.94 Å². The Morgan fingerprint density at radius 2 is 2.19 bits per heavy atom. The first-order valence-electron chi connectivity index (χ1n) is 4.76. The van der Waals surface area contributed by atoms with Gasteiger partial charge in [0.25, 0.3) is 0 Å². The molecule has 2 aromatic heterocycles. The van der Waals surface area contributed by atoms with Crippen LogP contribution in [0, 0.1) is 6.92 Å². The summed E-state index contributed by atoms with van der Waals surface area (Å²) >= 11 is 0. The number of fused-ring (bicyclic) bond motifs is 1. The zero-order valence-corrected chi connectivity index (χ0v) is 8.47. The molecular formula is C11H8N2O3. The van der Waals surface area contributed by atoms with E-state index in [2.05, 4.69) is 10.1 Å². The number of hydrogen-bond acceptors (Lipinski definition) is 5. The fraction of sp³-hybridized carbons (Fsp3) is 0.0909. The van der Waals surface area contributed by atoms with E-state index in [9.17, 15) is 5.11 Å². The number of benzene rings is 1. The van der Waals surface area contributed by atoms with Crippen LogP contribution in [0.3, 0.4) is 0 Å². The minimum atomic E-state index is 0.174. The molecule has 5 nitrogen and oxygen atoms in total. The van der Waals surface area contributed by atoms with E-state index in [1.807, 2.05) is 0 Å². The topological polar surface area (TPSA) is 72.3 Å². The Morgan fingerprint density at radius 1 is 1.31 bits per heavy atom. The van der Waals surface area contributed by atoms with Crippen LogP contribution in [0.25, 0.3) is 22.6 Å². The number of aromatic nitrogens is 2. The Hall–Kier alpha value is -2.30. The van der Waals surface area contributed by atoms with Crippen LogP contribution >= 0.6 is 0 Å². The summed E-state index contributed by atoms with van der Waals surface area (Å²) < 4.78 is 10.4. The summed E-state index contributed by atoms with van der Waals surface area (Å²) in [5.74, 6) is 1.51. The molecule has 16 heavy (non-hydrogen) atoms. The summed E-state index contributed by atoms with van der Waals surface area (Å²) in [5.41, 5.74) is 0.595. The first-order valence-corrected chi connectivity index (χ1v) is 4.76. The maximum Gasteiger partial charge on any atom is 0.238 e. The second-order valence-corrected chi connectivity index (χ2v) is 3.44. The number of furan rings is 1. The standard InChI is InChI=1S/C11H8N2O3/c1-6-12-11(13-16-6)10-5-7-8(14)3-2-4-9(7)15-10/h2-5,14H,1H3. The lowest BCUT2D eigenvalue weighted by molar-refractivity contribution is 0.393.